The number of Topliss-reactive ketones (excluding diaryl/α,β-unsaturated/α-hetero) is 1. The van der Waals surface area contributed by atoms with E-state index in [-0.39, 0.29) is 5.54 Å². The highest BCUT2D eigenvalue weighted by Crippen LogP contribution is 2.31. The first-order valence-electron chi connectivity index (χ1n) is 6.49. The Labute approximate surface area is 99.5 Å². The molecular formula is C14H25NO. The third-order valence-corrected chi connectivity index (χ3v) is 3.82. The summed E-state index contributed by atoms with van der Waals surface area (Å²) in [6, 6.07) is 0. The average Bonchev–Trinajstić information content (AvgIpc) is 2.29. The van der Waals surface area contributed by atoms with E-state index in [0.717, 1.165) is 24.8 Å². The fraction of sp³-hybridized carbons (Fsp3) is 0.786. The molecule has 16 heavy (non-hydrogen) atoms. The molecule has 0 atom stereocenters. The summed E-state index contributed by atoms with van der Waals surface area (Å²) in [5, 5.41) is 3.39. The van der Waals surface area contributed by atoms with Crippen LogP contribution in [0.2, 0.25) is 0 Å². The summed E-state index contributed by atoms with van der Waals surface area (Å²) in [5.74, 6) is 0.350. The molecule has 0 saturated heterocycles. The fourth-order valence-electron chi connectivity index (χ4n) is 2.59. The fourth-order valence-corrected chi connectivity index (χ4v) is 2.59. The average molecular weight is 223 g/mol. The predicted molar refractivity (Wildman–Crippen MR) is 68.5 cm³/mol. The summed E-state index contributed by atoms with van der Waals surface area (Å²) < 4.78 is 0. The Morgan fingerprint density at radius 2 is 1.94 bits per heavy atom. The van der Waals surface area contributed by atoms with Crippen molar-refractivity contribution in [2.75, 3.05) is 7.05 Å². The maximum atomic E-state index is 11.9. The van der Waals surface area contributed by atoms with Crippen LogP contribution in [0.3, 0.4) is 0 Å². The van der Waals surface area contributed by atoms with Crippen LogP contribution in [0, 0.1) is 0 Å². The molecule has 0 amide bonds. The minimum absolute atomic E-state index is 0.0867. The van der Waals surface area contributed by atoms with E-state index in [1.165, 1.54) is 19.3 Å². The van der Waals surface area contributed by atoms with Gasteiger partial charge in [-0.05, 0) is 26.3 Å². The first kappa shape index (κ1) is 13.4. The lowest BCUT2D eigenvalue weighted by Gasteiger charge is -2.36. The van der Waals surface area contributed by atoms with E-state index in [0.29, 0.717) is 18.6 Å². The minimum atomic E-state index is 0.0867. The number of carbonyl (C=O) groups excluding carboxylic acids is 1. The van der Waals surface area contributed by atoms with Gasteiger partial charge in [0.25, 0.3) is 0 Å². The summed E-state index contributed by atoms with van der Waals surface area (Å²) in [7, 11) is 1.99. The molecule has 0 aromatic carbocycles. The molecule has 0 aromatic heterocycles. The summed E-state index contributed by atoms with van der Waals surface area (Å²) in [5.41, 5.74) is 1.15. The Hall–Kier alpha value is -0.630. The van der Waals surface area contributed by atoms with Crippen molar-refractivity contribution in [3.63, 3.8) is 0 Å². The molecule has 92 valence electrons. The van der Waals surface area contributed by atoms with Gasteiger partial charge in [0, 0.05) is 18.4 Å². The number of hydrogen-bond acceptors (Lipinski definition) is 2. The Morgan fingerprint density at radius 3 is 2.44 bits per heavy atom. The maximum Gasteiger partial charge on any atom is 0.138 e. The Balaban J connectivity index is 2.48. The normalized spacial score (nSPS) is 19.4. The van der Waals surface area contributed by atoms with Gasteiger partial charge >= 0.3 is 0 Å². The molecule has 2 heteroatoms. The van der Waals surface area contributed by atoms with Crippen molar-refractivity contribution in [1.82, 2.24) is 5.32 Å². The molecule has 0 spiro atoms. The van der Waals surface area contributed by atoms with Crippen molar-refractivity contribution < 1.29 is 4.79 Å². The van der Waals surface area contributed by atoms with Gasteiger partial charge in [-0.1, -0.05) is 38.3 Å². The van der Waals surface area contributed by atoms with Crippen LogP contribution in [0.4, 0.5) is 0 Å². The molecule has 0 bridgehead atoms. The van der Waals surface area contributed by atoms with Gasteiger partial charge in [-0.3, -0.25) is 4.79 Å². The zero-order chi connectivity index (χ0) is 12.0. The maximum absolute atomic E-state index is 11.9. The second kappa shape index (κ2) is 6.19. The number of carbonyl (C=O) groups is 1. The van der Waals surface area contributed by atoms with Gasteiger partial charge in [0.05, 0.1) is 0 Å². The highest BCUT2D eigenvalue weighted by atomic mass is 16.1. The molecule has 2 nitrogen and oxygen atoms in total. The van der Waals surface area contributed by atoms with Gasteiger partial charge in [-0.2, -0.15) is 0 Å². The number of rotatable bonds is 6. The zero-order valence-electron chi connectivity index (χ0n) is 10.8. The summed E-state index contributed by atoms with van der Waals surface area (Å²) >= 11 is 0. The van der Waals surface area contributed by atoms with Gasteiger partial charge in [0.1, 0.15) is 5.78 Å². The highest BCUT2D eigenvalue weighted by molar-refractivity contribution is 5.81. The molecule has 0 unspecified atom stereocenters. The summed E-state index contributed by atoms with van der Waals surface area (Å²) in [6.07, 6.45) is 8.29. The van der Waals surface area contributed by atoms with Gasteiger partial charge in [0.15, 0.2) is 0 Å². The quantitative estimate of drug-likeness (QED) is 0.700. The minimum Gasteiger partial charge on any atom is -0.314 e. The Bertz CT molecular complexity index is 251. The number of ketones is 1. The van der Waals surface area contributed by atoms with Crippen molar-refractivity contribution in [3.05, 3.63) is 12.2 Å². The van der Waals surface area contributed by atoms with E-state index in [1.807, 2.05) is 7.05 Å². The van der Waals surface area contributed by atoms with E-state index >= 15 is 0 Å². The Morgan fingerprint density at radius 1 is 1.31 bits per heavy atom. The van der Waals surface area contributed by atoms with Crippen molar-refractivity contribution in [3.8, 4) is 0 Å². The summed E-state index contributed by atoms with van der Waals surface area (Å²) in [6.45, 7) is 5.97. The second-order valence-corrected chi connectivity index (χ2v) is 5.09. The van der Waals surface area contributed by atoms with Crippen LogP contribution >= 0.6 is 0 Å². The highest BCUT2D eigenvalue weighted by Gasteiger charge is 2.32. The topological polar surface area (TPSA) is 29.1 Å². The molecule has 0 aliphatic heterocycles. The van der Waals surface area contributed by atoms with Crippen molar-refractivity contribution in [1.29, 1.82) is 0 Å². The van der Waals surface area contributed by atoms with Crippen molar-refractivity contribution >= 4 is 5.78 Å². The van der Waals surface area contributed by atoms with Crippen molar-refractivity contribution in [2.45, 2.75) is 63.8 Å². The monoisotopic (exact) mass is 223 g/mol. The molecule has 1 saturated carbocycles. The summed E-state index contributed by atoms with van der Waals surface area (Å²) in [4.78, 5) is 11.9. The zero-order valence-corrected chi connectivity index (χ0v) is 10.8. The molecule has 0 radical (unpaired) electrons. The predicted octanol–water partition coefficient (Wildman–Crippen LogP) is 3.22. The van der Waals surface area contributed by atoms with E-state index in [4.69, 9.17) is 0 Å². The van der Waals surface area contributed by atoms with Crippen molar-refractivity contribution in [2.24, 2.45) is 0 Å². The van der Waals surface area contributed by atoms with Crippen LogP contribution in [0.15, 0.2) is 12.2 Å². The third-order valence-electron chi connectivity index (χ3n) is 3.82. The van der Waals surface area contributed by atoms with Crippen LogP contribution in [-0.4, -0.2) is 18.4 Å². The van der Waals surface area contributed by atoms with Gasteiger partial charge in [-0.15, -0.1) is 0 Å². The Kier molecular flexibility index (Phi) is 5.20. The number of allylic oxidation sites excluding steroid dienone is 1. The lowest BCUT2D eigenvalue weighted by molar-refractivity contribution is -0.120. The van der Waals surface area contributed by atoms with Crippen LogP contribution < -0.4 is 5.32 Å². The molecule has 0 heterocycles. The molecule has 1 aliphatic carbocycles. The molecule has 1 rings (SSSR count). The molecule has 1 fully saturated rings. The first-order valence-corrected chi connectivity index (χ1v) is 6.49. The SMILES string of the molecule is C=C(CC)CC(=O)CC1(NC)CCCCC1. The van der Waals surface area contributed by atoms with Gasteiger partial charge < -0.3 is 5.32 Å². The molecule has 1 aliphatic rings. The van der Waals surface area contributed by atoms with Gasteiger partial charge in [-0.25, -0.2) is 0 Å². The van der Waals surface area contributed by atoms with E-state index in [1.54, 1.807) is 0 Å². The van der Waals surface area contributed by atoms with Gasteiger partial charge in [0.2, 0.25) is 0 Å². The standard InChI is InChI=1S/C14H25NO/c1-4-12(2)10-13(16)11-14(15-3)8-6-5-7-9-14/h15H,2,4-11H2,1,3H3. The smallest absolute Gasteiger partial charge is 0.138 e. The lowest BCUT2D eigenvalue weighted by Crippen LogP contribution is -2.46. The van der Waals surface area contributed by atoms with E-state index in [2.05, 4.69) is 18.8 Å². The van der Waals surface area contributed by atoms with Crippen LogP contribution in [0.5, 0.6) is 0 Å². The van der Waals surface area contributed by atoms with Crippen LogP contribution in [0.1, 0.15) is 58.3 Å². The van der Waals surface area contributed by atoms with E-state index < -0.39 is 0 Å². The van der Waals surface area contributed by atoms with Crippen LogP contribution in [-0.2, 0) is 4.79 Å². The largest absolute Gasteiger partial charge is 0.314 e. The number of nitrogens with one attached hydrogen (secondary N) is 1. The lowest BCUT2D eigenvalue weighted by atomic mass is 9.77. The first-order chi connectivity index (χ1) is 7.62. The third kappa shape index (κ3) is 3.75. The second-order valence-electron chi connectivity index (χ2n) is 5.09. The van der Waals surface area contributed by atoms with E-state index in [9.17, 15) is 4.79 Å². The van der Waals surface area contributed by atoms with Crippen LogP contribution in [0.25, 0.3) is 0 Å². The molecular weight excluding hydrogens is 198 g/mol. The molecule has 1 N–H and O–H groups in total. The number of hydrogen-bond donors (Lipinski definition) is 1. The molecule has 0 aromatic rings.